The molecule has 0 bridgehead atoms. The summed E-state index contributed by atoms with van der Waals surface area (Å²) in [7, 11) is 1.18. The summed E-state index contributed by atoms with van der Waals surface area (Å²) in [5.74, 6) is -2.19. The van der Waals surface area contributed by atoms with E-state index in [1.54, 1.807) is 41.5 Å². The van der Waals surface area contributed by atoms with E-state index in [9.17, 15) is 14.4 Å². The topological polar surface area (TPSA) is 105 Å². The molecule has 0 aliphatic carbocycles. The Hall–Kier alpha value is -1.93. The first-order valence-electron chi connectivity index (χ1n) is 8.32. The van der Waals surface area contributed by atoms with E-state index in [1.807, 2.05) is 0 Å². The number of carbonyl (C=O) groups is 3. The second kappa shape index (κ2) is 8.39. The summed E-state index contributed by atoms with van der Waals surface area (Å²) in [4.78, 5) is 37.6. The van der Waals surface area contributed by atoms with E-state index in [2.05, 4.69) is 15.9 Å². The normalized spacial score (nSPS) is 11.7. The van der Waals surface area contributed by atoms with E-state index in [-0.39, 0.29) is 27.7 Å². The molecule has 0 radical (unpaired) electrons. The molecule has 0 spiro atoms. The highest BCUT2D eigenvalue weighted by atomic mass is 79.9. The molecular formula is C19H26BrNO6. The lowest BCUT2D eigenvalue weighted by atomic mass is 9.97. The first-order valence-corrected chi connectivity index (χ1v) is 9.11. The zero-order chi connectivity index (χ0) is 21.2. The number of hydrogen-bond acceptors (Lipinski definition) is 7. The Morgan fingerprint density at radius 3 is 1.81 bits per heavy atom. The zero-order valence-corrected chi connectivity index (χ0v) is 18.3. The van der Waals surface area contributed by atoms with Crippen molar-refractivity contribution in [2.75, 3.05) is 7.11 Å². The van der Waals surface area contributed by atoms with Gasteiger partial charge in [0.2, 0.25) is 0 Å². The number of methoxy groups -OCH3 is 1. The highest BCUT2D eigenvalue weighted by Gasteiger charge is 2.31. The maximum atomic E-state index is 12.7. The number of hydrogen-bond donors (Lipinski definition) is 1. The molecule has 150 valence electrons. The number of ether oxygens (including phenoxy) is 3. The smallest absolute Gasteiger partial charge is 0.340 e. The SMILES string of the molecule is COC(=O)c1cc(C(=O)OC(C)(C)C)c(CN)c(Br)c1C(=O)OC(C)(C)C. The van der Waals surface area contributed by atoms with Crippen LogP contribution in [-0.4, -0.2) is 36.2 Å². The minimum atomic E-state index is -0.787. The minimum absolute atomic E-state index is 0.0514. The first-order chi connectivity index (χ1) is 12.2. The van der Waals surface area contributed by atoms with Crippen LogP contribution < -0.4 is 5.73 Å². The van der Waals surface area contributed by atoms with Crippen LogP contribution in [0.2, 0.25) is 0 Å². The summed E-state index contributed by atoms with van der Waals surface area (Å²) >= 11 is 3.30. The summed E-state index contributed by atoms with van der Waals surface area (Å²) in [6.45, 7) is 10.2. The Morgan fingerprint density at radius 2 is 1.41 bits per heavy atom. The zero-order valence-electron chi connectivity index (χ0n) is 16.7. The van der Waals surface area contributed by atoms with Crippen LogP contribution in [0.25, 0.3) is 0 Å². The van der Waals surface area contributed by atoms with Gasteiger partial charge in [0.15, 0.2) is 0 Å². The van der Waals surface area contributed by atoms with Gasteiger partial charge in [-0.1, -0.05) is 0 Å². The van der Waals surface area contributed by atoms with E-state index in [4.69, 9.17) is 19.9 Å². The third-order valence-corrected chi connectivity index (χ3v) is 4.07. The van der Waals surface area contributed by atoms with E-state index in [0.29, 0.717) is 5.56 Å². The molecule has 0 unspecified atom stereocenters. The van der Waals surface area contributed by atoms with Crippen molar-refractivity contribution < 1.29 is 28.6 Å². The molecule has 1 aromatic carbocycles. The van der Waals surface area contributed by atoms with Gasteiger partial charge in [-0.2, -0.15) is 0 Å². The predicted molar refractivity (Wildman–Crippen MR) is 104 cm³/mol. The van der Waals surface area contributed by atoms with Crippen LogP contribution in [0.4, 0.5) is 0 Å². The monoisotopic (exact) mass is 443 g/mol. The largest absolute Gasteiger partial charge is 0.465 e. The maximum absolute atomic E-state index is 12.7. The van der Waals surface area contributed by atoms with Crippen molar-refractivity contribution in [3.63, 3.8) is 0 Å². The lowest BCUT2D eigenvalue weighted by molar-refractivity contribution is 0.00476. The van der Waals surface area contributed by atoms with Gasteiger partial charge in [-0.05, 0) is 69.1 Å². The summed E-state index contributed by atoms with van der Waals surface area (Å²) < 4.78 is 15.7. The Labute approximate surface area is 167 Å². The van der Waals surface area contributed by atoms with Crippen LogP contribution >= 0.6 is 15.9 Å². The Balaban J connectivity index is 3.68. The third-order valence-electron chi connectivity index (χ3n) is 3.20. The van der Waals surface area contributed by atoms with Crippen molar-refractivity contribution in [3.8, 4) is 0 Å². The van der Waals surface area contributed by atoms with Gasteiger partial charge in [-0.15, -0.1) is 0 Å². The van der Waals surface area contributed by atoms with Gasteiger partial charge in [-0.3, -0.25) is 0 Å². The second-order valence-electron chi connectivity index (χ2n) is 7.84. The molecule has 27 heavy (non-hydrogen) atoms. The van der Waals surface area contributed by atoms with Gasteiger partial charge in [0.25, 0.3) is 0 Å². The predicted octanol–water partition coefficient (Wildman–Crippen LogP) is 3.61. The fourth-order valence-corrected chi connectivity index (χ4v) is 2.96. The summed E-state index contributed by atoms with van der Waals surface area (Å²) in [6.07, 6.45) is 0. The van der Waals surface area contributed by atoms with Crippen molar-refractivity contribution in [2.45, 2.75) is 59.3 Å². The average molecular weight is 444 g/mol. The van der Waals surface area contributed by atoms with Crippen LogP contribution in [0.3, 0.4) is 0 Å². The molecule has 0 fully saturated rings. The summed E-state index contributed by atoms with van der Waals surface area (Å²) in [5, 5.41) is 0. The average Bonchev–Trinajstić information content (AvgIpc) is 2.49. The Bertz CT molecular complexity index is 759. The van der Waals surface area contributed by atoms with E-state index in [0.717, 1.165) is 0 Å². The molecule has 0 atom stereocenters. The lowest BCUT2D eigenvalue weighted by Crippen LogP contribution is -2.28. The maximum Gasteiger partial charge on any atom is 0.340 e. The van der Waals surface area contributed by atoms with Crippen LogP contribution in [0.1, 0.15) is 78.2 Å². The number of halogens is 1. The molecule has 2 N–H and O–H groups in total. The van der Waals surface area contributed by atoms with Crippen LogP contribution in [-0.2, 0) is 20.8 Å². The number of nitrogens with two attached hydrogens (primary N) is 1. The number of benzene rings is 1. The summed E-state index contributed by atoms with van der Waals surface area (Å²) in [5.41, 5.74) is 4.52. The van der Waals surface area contributed by atoms with Gasteiger partial charge >= 0.3 is 17.9 Å². The quantitative estimate of drug-likeness (QED) is 0.559. The van der Waals surface area contributed by atoms with E-state index >= 15 is 0 Å². The van der Waals surface area contributed by atoms with Crippen molar-refractivity contribution in [2.24, 2.45) is 5.73 Å². The molecule has 7 nitrogen and oxygen atoms in total. The first kappa shape index (κ1) is 23.1. The highest BCUT2D eigenvalue weighted by Crippen LogP contribution is 2.32. The summed E-state index contributed by atoms with van der Waals surface area (Å²) in [6, 6.07) is 1.26. The Kier molecular flexibility index (Phi) is 7.18. The molecule has 8 heteroatoms. The Morgan fingerprint density at radius 1 is 0.926 bits per heavy atom. The molecule has 0 aliphatic rings. The third kappa shape index (κ3) is 6.04. The van der Waals surface area contributed by atoms with Gasteiger partial charge in [-0.25, -0.2) is 14.4 Å². The standard InChI is InChI=1S/C19H26BrNO6/c1-18(2,3)26-16(23)10-8-11(15(22)25-7)13(14(20)12(10)9-21)17(24)27-19(4,5)6/h8H,9,21H2,1-7H3. The van der Waals surface area contributed by atoms with Crippen LogP contribution in [0.15, 0.2) is 10.5 Å². The van der Waals surface area contributed by atoms with Crippen molar-refractivity contribution in [1.82, 2.24) is 0 Å². The van der Waals surface area contributed by atoms with Crippen LogP contribution in [0.5, 0.6) is 0 Å². The number of carbonyl (C=O) groups excluding carboxylic acids is 3. The van der Waals surface area contributed by atoms with Crippen molar-refractivity contribution in [3.05, 3.63) is 32.8 Å². The molecular weight excluding hydrogens is 418 g/mol. The van der Waals surface area contributed by atoms with Gasteiger partial charge in [0.1, 0.15) is 11.2 Å². The molecule has 1 aromatic rings. The van der Waals surface area contributed by atoms with E-state index in [1.165, 1.54) is 13.2 Å². The second-order valence-corrected chi connectivity index (χ2v) is 8.63. The molecule has 0 saturated carbocycles. The number of esters is 3. The minimum Gasteiger partial charge on any atom is -0.465 e. The fourth-order valence-electron chi connectivity index (χ4n) is 2.21. The van der Waals surface area contributed by atoms with Gasteiger partial charge in [0, 0.05) is 11.0 Å². The molecule has 1 rings (SSSR count). The molecule has 0 aliphatic heterocycles. The van der Waals surface area contributed by atoms with Gasteiger partial charge < -0.3 is 19.9 Å². The molecule has 0 heterocycles. The molecule has 0 amide bonds. The van der Waals surface area contributed by atoms with Crippen molar-refractivity contribution in [1.29, 1.82) is 0 Å². The van der Waals surface area contributed by atoms with Crippen LogP contribution in [0, 0.1) is 0 Å². The fraction of sp³-hybridized carbons (Fsp3) is 0.526. The highest BCUT2D eigenvalue weighted by molar-refractivity contribution is 9.10. The molecule has 0 aromatic heterocycles. The van der Waals surface area contributed by atoms with Gasteiger partial charge in [0.05, 0.1) is 23.8 Å². The number of rotatable bonds is 4. The molecule has 0 saturated heterocycles. The lowest BCUT2D eigenvalue weighted by Gasteiger charge is -2.24. The van der Waals surface area contributed by atoms with E-state index < -0.39 is 29.1 Å². The van der Waals surface area contributed by atoms with Crippen molar-refractivity contribution >= 4 is 33.8 Å².